The molecule has 1 fully saturated rings. The minimum Gasteiger partial charge on any atom is -0.494 e. The Balaban J connectivity index is 0.00000529. The predicted octanol–water partition coefficient (Wildman–Crippen LogP) is 3.43. The summed E-state index contributed by atoms with van der Waals surface area (Å²) >= 11 is 0. The molecule has 1 aromatic carbocycles. The third-order valence-electron chi connectivity index (χ3n) is 8.06. The van der Waals surface area contributed by atoms with Crippen molar-refractivity contribution in [1.82, 2.24) is 15.2 Å². The molecule has 2 aliphatic heterocycles. The van der Waals surface area contributed by atoms with E-state index in [2.05, 4.69) is 41.0 Å². The number of benzene rings is 1. The minimum atomic E-state index is -0.968. The van der Waals surface area contributed by atoms with Crippen LogP contribution in [0.15, 0.2) is 40.0 Å². The highest BCUT2D eigenvalue weighted by atomic mass is 79.9. The number of amides is 1. The highest BCUT2D eigenvalue weighted by molar-refractivity contribution is 8.93. The number of carbonyl (C=O) groups excluding carboxylic acids is 2. The van der Waals surface area contributed by atoms with E-state index in [1.165, 1.54) is 5.57 Å². The molecular formula is C32H46BrN5O6. The number of hydrazone groups is 1. The van der Waals surface area contributed by atoms with Gasteiger partial charge in [0.1, 0.15) is 12.4 Å². The lowest BCUT2D eigenvalue weighted by atomic mass is 9.84. The van der Waals surface area contributed by atoms with Crippen LogP contribution in [0.25, 0.3) is 0 Å². The maximum absolute atomic E-state index is 13.8. The molecule has 1 aromatic rings. The first kappa shape index (κ1) is 35.3. The molecule has 1 saturated heterocycles. The van der Waals surface area contributed by atoms with Crippen LogP contribution in [-0.2, 0) is 19.7 Å². The quantitative estimate of drug-likeness (QED) is 0.284. The Morgan fingerprint density at radius 1 is 1.14 bits per heavy atom. The largest absolute Gasteiger partial charge is 0.494 e. The molecule has 11 nitrogen and oxygen atoms in total. The minimum absolute atomic E-state index is 0. The monoisotopic (exact) mass is 675 g/mol. The predicted molar refractivity (Wildman–Crippen MR) is 177 cm³/mol. The number of ether oxygens (including phenoxy) is 2. The van der Waals surface area contributed by atoms with E-state index in [9.17, 15) is 14.4 Å². The number of Topliss-reactive ketones (excluding diaryl/α,β-unsaturated/α-hetero) is 1. The van der Waals surface area contributed by atoms with Crippen molar-refractivity contribution < 1.29 is 29.0 Å². The fourth-order valence-corrected chi connectivity index (χ4v) is 5.95. The van der Waals surface area contributed by atoms with Gasteiger partial charge < -0.3 is 29.8 Å². The number of rotatable bonds is 10. The molecule has 0 saturated carbocycles. The van der Waals surface area contributed by atoms with Gasteiger partial charge in [0.25, 0.3) is 5.91 Å². The Morgan fingerprint density at radius 2 is 1.82 bits per heavy atom. The molecule has 242 valence electrons. The molecule has 0 aromatic heterocycles. The average Bonchev–Trinajstić information content (AvgIpc) is 3.34. The molecular weight excluding hydrogens is 630 g/mol. The Kier molecular flexibility index (Phi) is 11.8. The van der Waals surface area contributed by atoms with E-state index >= 15 is 0 Å². The van der Waals surface area contributed by atoms with Crippen LogP contribution >= 0.6 is 17.0 Å². The third-order valence-corrected chi connectivity index (χ3v) is 8.06. The second kappa shape index (κ2) is 14.7. The summed E-state index contributed by atoms with van der Waals surface area (Å²) < 4.78 is 11.5. The van der Waals surface area contributed by atoms with E-state index in [4.69, 9.17) is 14.6 Å². The van der Waals surface area contributed by atoms with E-state index < -0.39 is 5.97 Å². The number of halogens is 1. The van der Waals surface area contributed by atoms with Crippen molar-refractivity contribution in [3.05, 3.63) is 46.1 Å². The van der Waals surface area contributed by atoms with Gasteiger partial charge in [0.2, 0.25) is 0 Å². The van der Waals surface area contributed by atoms with Crippen LogP contribution in [0.5, 0.6) is 5.75 Å². The molecule has 1 amide bonds. The molecule has 1 aliphatic carbocycles. The van der Waals surface area contributed by atoms with E-state index in [1.807, 2.05) is 32.3 Å². The Hall–Kier alpha value is -3.22. The molecule has 44 heavy (non-hydrogen) atoms. The first-order valence-corrected chi connectivity index (χ1v) is 14.8. The van der Waals surface area contributed by atoms with E-state index in [1.54, 1.807) is 19.2 Å². The van der Waals surface area contributed by atoms with Crippen molar-refractivity contribution >= 4 is 46.0 Å². The fourth-order valence-electron chi connectivity index (χ4n) is 5.95. The second-order valence-corrected chi connectivity index (χ2v) is 12.6. The van der Waals surface area contributed by atoms with E-state index in [0.717, 1.165) is 28.3 Å². The normalized spacial score (nSPS) is 18.5. The molecule has 2 N–H and O–H groups in total. The third kappa shape index (κ3) is 8.28. The maximum atomic E-state index is 13.8. The maximum Gasteiger partial charge on any atom is 0.329 e. The summed E-state index contributed by atoms with van der Waals surface area (Å²) in [5.41, 5.74) is 5.74. The molecule has 3 aliphatic rings. The van der Waals surface area contributed by atoms with Crippen molar-refractivity contribution in [2.75, 3.05) is 72.5 Å². The number of nitrogens with zero attached hydrogens (tertiary/aromatic N) is 4. The topological polar surface area (TPSA) is 124 Å². The summed E-state index contributed by atoms with van der Waals surface area (Å²) in [6.45, 7) is 8.84. The molecule has 2 heterocycles. The first-order chi connectivity index (χ1) is 20.3. The van der Waals surface area contributed by atoms with Gasteiger partial charge in [-0.25, -0.2) is 4.79 Å². The number of carboxylic acids is 1. The number of carbonyl (C=O) groups is 3. The van der Waals surface area contributed by atoms with Crippen LogP contribution in [0.3, 0.4) is 0 Å². The van der Waals surface area contributed by atoms with Crippen LogP contribution < -0.4 is 15.0 Å². The zero-order valence-electron chi connectivity index (χ0n) is 26.9. The van der Waals surface area contributed by atoms with Gasteiger partial charge >= 0.3 is 5.97 Å². The number of anilines is 1. The number of methoxy groups -OCH3 is 1. The highest BCUT2D eigenvalue weighted by Gasteiger charge is 2.32. The van der Waals surface area contributed by atoms with Crippen LogP contribution in [0, 0.1) is 0 Å². The molecule has 0 atom stereocenters. The molecule has 0 bridgehead atoms. The van der Waals surface area contributed by atoms with Gasteiger partial charge in [-0.3, -0.25) is 14.5 Å². The zero-order valence-corrected chi connectivity index (χ0v) is 28.6. The van der Waals surface area contributed by atoms with E-state index in [-0.39, 0.29) is 53.3 Å². The number of piperidine rings is 1. The lowest BCUT2D eigenvalue weighted by Crippen LogP contribution is -2.38. The smallest absolute Gasteiger partial charge is 0.329 e. The Labute approximate surface area is 270 Å². The van der Waals surface area contributed by atoms with E-state index in [0.29, 0.717) is 56.6 Å². The number of hydrogen-bond donors (Lipinski definition) is 2. The molecule has 4 rings (SSSR count). The number of aliphatic carboxylic acids is 1. The molecule has 0 spiro atoms. The first-order valence-electron chi connectivity index (χ1n) is 14.8. The van der Waals surface area contributed by atoms with Crippen molar-refractivity contribution in [2.45, 2.75) is 51.6 Å². The summed E-state index contributed by atoms with van der Waals surface area (Å²) in [4.78, 5) is 41.7. The van der Waals surface area contributed by atoms with Crippen molar-refractivity contribution in [3.8, 4) is 5.75 Å². The standard InChI is InChI=1S/C32H45N5O6.BrH/c1-32(2,3)25-13-20(15-27(30(25)42-7)37-10-8-23(9-11-37)43-19-29(39)40)28(38)18-36-16-21-12-24(31(41)33-4)26(34-35(5)6)14-22(21)17-36;/h12-13,15,23H,8-11,14,16-19H2,1-7H3,(H,33,41)(H,39,40);1H/b34-26-;. The van der Waals surface area contributed by atoms with Gasteiger partial charge in [0, 0.05) is 64.9 Å². The summed E-state index contributed by atoms with van der Waals surface area (Å²) in [6, 6.07) is 3.89. The highest BCUT2D eigenvalue weighted by Crippen LogP contribution is 2.41. The van der Waals surface area contributed by atoms with Crippen LogP contribution in [-0.4, -0.2) is 112 Å². The molecule has 0 unspecified atom stereocenters. The molecule has 0 radical (unpaired) electrons. The number of ketones is 1. The van der Waals surface area contributed by atoms with Crippen molar-refractivity contribution in [3.63, 3.8) is 0 Å². The van der Waals surface area contributed by atoms with Gasteiger partial charge in [0.15, 0.2) is 5.78 Å². The van der Waals surface area contributed by atoms with Crippen molar-refractivity contribution in [2.24, 2.45) is 5.10 Å². The number of carboxylic acid groups (broad SMARTS) is 1. The SMILES string of the molecule is Br.CNC(=O)C1=CC2=C(C/C1=N/N(C)C)CN(CC(=O)c1cc(N3CCC(OCC(=O)O)CC3)c(OC)c(C(C)(C)C)c1)C2. The summed E-state index contributed by atoms with van der Waals surface area (Å²) in [6.07, 6.45) is 3.76. The van der Waals surface area contributed by atoms with Crippen LogP contribution in [0.4, 0.5) is 5.69 Å². The fraction of sp³-hybridized carbons (Fsp3) is 0.562. The Morgan fingerprint density at radius 3 is 2.39 bits per heavy atom. The average molecular weight is 677 g/mol. The van der Waals surface area contributed by atoms with Crippen LogP contribution in [0.1, 0.15) is 56.0 Å². The summed E-state index contributed by atoms with van der Waals surface area (Å²) in [7, 11) is 6.95. The summed E-state index contributed by atoms with van der Waals surface area (Å²) in [5.74, 6) is -0.359. The lowest BCUT2D eigenvalue weighted by molar-refractivity contribution is -0.144. The summed E-state index contributed by atoms with van der Waals surface area (Å²) in [5, 5.41) is 17.9. The molecule has 12 heteroatoms. The van der Waals surface area contributed by atoms with Crippen LogP contribution in [0.2, 0.25) is 0 Å². The number of nitrogens with one attached hydrogen (secondary N) is 1. The number of likely N-dealkylation sites (N-methyl/N-ethyl adjacent to an activating group) is 1. The number of hydrogen-bond acceptors (Lipinski definition) is 9. The van der Waals surface area contributed by atoms with Gasteiger partial charge in [-0.2, -0.15) is 5.10 Å². The second-order valence-electron chi connectivity index (χ2n) is 12.6. The van der Waals surface area contributed by atoms with Gasteiger partial charge in [-0.05, 0) is 47.6 Å². The van der Waals surface area contributed by atoms with Gasteiger partial charge in [-0.1, -0.05) is 20.8 Å². The van der Waals surface area contributed by atoms with Crippen molar-refractivity contribution in [1.29, 1.82) is 0 Å². The van der Waals surface area contributed by atoms with Gasteiger partial charge in [-0.15, -0.1) is 17.0 Å². The zero-order chi connectivity index (χ0) is 31.5. The van der Waals surface area contributed by atoms with Gasteiger partial charge in [0.05, 0.1) is 36.7 Å². The Bertz CT molecular complexity index is 1360. The lowest BCUT2D eigenvalue weighted by Gasteiger charge is -2.36.